The lowest BCUT2D eigenvalue weighted by Crippen LogP contribution is -2.54. The maximum atomic E-state index is 13.3. The fourth-order valence-electron chi connectivity index (χ4n) is 4.26. The molecular weight excluding hydrogens is 436 g/mol. The molecule has 1 saturated heterocycles. The third kappa shape index (κ3) is 5.99. The SMILES string of the molecule is COc1ccc(CN(C(=O)OCc2ccccc2)[C@H]2C[C@@H]3O[C@@H]3[C@@H]2NC(=O)OC(C)(C)C)cc1. The molecule has 0 spiro atoms. The molecule has 8 nitrogen and oxygen atoms in total. The third-order valence-corrected chi connectivity index (χ3v) is 5.90. The standard InChI is InChI=1S/C26H32N2O6/c1-26(2,3)34-24(29)27-22-20(14-21-23(22)33-21)28(15-17-10-12-19(31-4)13-11-17)25(30)32-16-18-8-6-5-7-9-18/h5-13,20-23H,14-16H2,1-4H3,(H,27,29)/t20-,21-,22+,23-/m0/s1. The van der Waals surface area contributed by atoms with Gasteiger partial charge in [-0.1, -0.05) is 42.5 Å². The first-order chi connectivity index (χ1) is 16.2. The zero-order valence-electron chi connectivity index (χ0n) is 20.0. The Bertz CT molecular complexity index is 989. The van der Waals surface area contributed by atoms with Crippen LogP contribution in [0.15, 0.2) is 54.6 Å². The summed E-state index contributed by atoms with van der Waals surface area (Å²) in [5, 5.41) is 2.93. The van der Waals surface area contributed by atoms with Gasteiger partial charge in [0.2, 0.25) is 0 Å². The first kappa shape index (κ1) is 23.9. The van der Waals surface area contributed by atoms with Gasteiger partial charge in [-0.2, -0.15) is 0 Å². The zero-order chi connectivity index (χ0) is 24.3. The van der Waals surface area contributed by atoms with E-state index in [2.05, 4.69) is 5.32 Å². The number of hydrogen-bond donors (Lipinski definition) is 1. The molecule has 34 heavy (non-hydrogen) atoms. The Labute approximate surface area is 200 Å². The second-order valence-corrected chi connectivity index (χ2v) is 9.63. The molecule has 1 heterocycles. The summed E-state index contributed by atoms with van der Waals surface area (Å²) in [4.78, 5) is 27.5. The summed E-state index contributed by atoms with van der Waals surface area (Å²) in [5.41, 5.74) is 1.20. The van der Waals surface area contributed by atoms with Gasteiger partial charge in [0, 0.05) is 6.54 Å². The van der Waals surface area contributed by atoms with Crippen molar-refractivity contribution in [3.05, 3.63) is 65.7 Å². The normalized spacial score (nSPS) is 22.9. The highest BCUT2D eigenvalue weighted by atomic mass is 16.6. The fourth-order valence-corrected chi connectivity index (χ4v) is 4.26. The van der Waals surface area contributed by atoms with E-state index >= 15 is 0 Å². The highest BCUT2D eigenvalue weighted by molar-refractivity contribution is 5.70. The molecule has 8 heteroatoms. The second kappa shape index (κ2) is 9.93. The van der Waals surface area contributed by atoms with E-state index in [9.17, 15) is 9.59 Å². The largest absolute Gasteiger partial charge is 0.497 e. The predicted molar refractivity (Wildman–Crippen MR) is 125 cm³/mol. The Morgan fingerprint density at radius 2 is 1.76 bits per heavy atom. The van der Waals surface area contributed by atoms with Crippen molar-refractivity contribution in [2.75, 3.05) is 7.11 Å². The summed E-state index contributed by atoms with van der Waals surface area (Å²) < 4.78 is 22.1. The van der Waals surface area contributed by atoms with Gasteiger partial charge in [0.1, 0.15) is 24.1 Å². The van der Waals surface area contributed by atoms with Gasteiger partial charge < -0.3 is 24.3 Å². The lowest BCUT2D eigenvalue weighted by atomic mass is 10.1. The molecular formula is C26H32N2O6. The number of nitrogens with zero attached hydrogens (tertiary/aromatic N) is 1. The monoisotopic (exact) mass is 468 g/mol. The molecule has 2 aliphatic rings. The molecule has 0 unspecified atom stereocenters. The molecule has 2 aromatic rings. The molecule has 0 aromatic heterocycles. The minimum Gasteiger partial charge on any atom is -0.497 e. The number of alkyl carbamates (subject to hydrolysis) is 1. The van der Waals surface area contributed by atoms with Crippen molar-refractivity contribution in [2.45, 2.75) is 70.2 Å². The molecule has 0 bridgehead atoms. The number of carbonyl (C=O) groups is 2. The average molecular weight is 469 g/mol. The van der Waals surface area contributed by atoms with Crippen molar-refractivity contribution in [3.63, 3.8) is 0 Å². The smallest absolute Gasteiger partial charge is 0.410 e. The van der Waals surface area contributed by atoms with Crippen molar-refractivity contribution in [2.24, 2.45) is 0 Å². The van der Waals surface area contributed by atoms with Crippen molar-refractivity contribution in [1.29, 1.82) is 0 Å². The Hall–Kier alpha value is -3.26. The van der Waals surface area contributed by atoms with E-state index in [4.69, 9.17) is 18.9 Å². The molecule has 2 fully saturated rings. The zero-order valence-corrected chi connectivity index (χ0v) is 20.0. The van der Waals surface area contributed by atoms with Gasteiger partial charge in [0.15, 0.2) is 0 Å². The molecule has 182 valence electrons. The Morgan fingerprint density at radius 3 is 2.41 bits per heavy atom. The molecule has 1 saturated carbocycles. The van der Waals surface area contributed by atoms with Gasteiger partial charge in [-0.15, -0.1) is 0 Å². The number of epoxide rings is 1. The van der Waals surface area contributed by atoms with Gasteiger partial charge in [0.05, 0.1) is 25.3 Å². The quantitative estimate of drug-likeness (QED) is 0.611. The fraction of sp³-hybridized carbons (Fsp3) is 0.462. The van der Waals surface area contributed by atoms with Crippen LogP contribution in [0.25, 0.3) is 0 Å². The van der Waals surface area contributed by atoms with Crippen molar-refractivity contribution in [3.8, 4) is 5.75 Å². The first-order valence-electron chi connectivity index (χ1n) is 11.5. The number of rotatable bonds is 7. The van der Waals surface area contributed by atoms with Crippen molar-refractivity contribution >= 4 is 12.2 Å². The topological polar surface area (TPSA) is 89.6 Å². The Morgan fingerprint density at radius 1 is 1.06 bits per heavy atom. The van der Waals surface area contributed by atoms with E-state index in [1.54, 1.807) is 12.0 Å². The number of ether oxygens (including phenoxy) is 4. The van der Waals surface area contributed by atoms with Crippen LogP contribution in [0.4, 0.5) is 9.59 Å². The molecule has 1 aliphatic heterocycles. The van der Waals surface area contributed by atoms with Gasteiger partial charge in [-0.3, -0.25) is 4.90 Å². The first-order valence-corrected chi connectivity index (χ1v) is 11.5. The molecule has 2 aromatic carbocycles. The van der Waals surface area contributed by atoms with Crippen LogP contribution < -0.4 is 10.1 Å². The molecule has 4 atom stereocenters. The average Bonchev–Trinajstić information content (AvgIpc) is 3.49. The van der Waals surface area contributed by atoms with E-state index in [0.29, 0.717) is 13.0 Å². The molecule has 1 aliphatic carbocycles. The van der Waals surface area contributed by atoms with Crippen LogP contribution in [0.5, 0.6) is 5.75 Å². The van der Waals surface area contributed by atoms with Crippen molar-refractivity contribution < 1.29 is 28.5 Å². The van der Waals surface area contributed by atoms with E-state index < -0.39 is 17.8 Å². The third-order valence-electron chi connectivity index (χ3n) is 5.90. The summed E-state index contributed by atoms with van der Waals surface area (Å²) in [6.07, 6.45) is -0.493. The van der Waals surface area contributed by atoms with Crippen LogP contribution >= 0.6 is 0 Å². The summed E-state index contributed by atoms with van der Waals surface area (Å²) in [6, 6.07) is 16.4. The molecule has 0 radical (unpaired) electrons. The maximum Gasteiger partial charge on any atom is 0.410 e. The van der Waals surface area contributed by atoms with E-state index in [1.807, 2.05) is 75.4 Å². The van der Waals surface area contributed by atoms with E-state index in [-0.39, 0.29) is 30.9 Å². The van der Waals surface area contributed by atoms with Crippen LogP contribution in [0.3, 0.4) is 0 Å². The number of fused-ring (bicyclic) bond motifs is 1. The minimum atomic E-state index is -0.626. The Balaban J connectivity index is 1.51. The lowest BCUT2D eigenvalue weighted by Gasteiger charge is -2.34. The van der Waals surface area contributed by atoms with Crippen LogP contribution in [0.2, 0.25) is 0 Å². The summed E-state index contributed by atoms with van der Waals surface area (Å²) in [5.74, 6) is 0.738. The van der Waals surface area contributed by atoms with Crippen LogP contribution in [-0.2, 0) is 27.4 Å². The van der Waals surface area contributed by atoms with Gasteiger partial charge in [-0.05, 0) is 50.5 Å². The molecule has 4 rings (SSSR count). The molecule has 1 N–H and O–H groups in total. The number of hydrogen-bond acceptors (Lipinski definition) is 6. The summed E-state index contributed by atoms with van der Waals surface area (Å²) in [6.45, 7) is 5.93. The number of benzene rings is 2. The lowest BCUT2D eigenvalue weighted by molar-refractivity contribution is 0.0371. The maximum absolute atomic E-state index is 13.3. The predicted octanol–water partition coefficient (Wildman–Crippen LogP) is 4.27. The molecule has 2 amide bonds. The van der Waals surface area contributed by atoms with Crippen LogP contribution in [-0.4, -0.2) is 54.1 Å². The number of carbonyl (C=O) groups excluding carboxylic acids is 2. The van der Waals surface area contributed by atoms with Gasteiger partial charge in [0.25, 0.3) is 0 Å². The van der Waals surface area contributed by atoms with E-state index in [0.717, 1.165) is 16.9 Å². The van der Waals surface area contributed by atoms with Crippen molar-refractivity contribution in [1.82, 2.24) is 10.2 Å². The van der Waals surface area contributed by atoms with Crippen LogP contribution in [0.1, 0.15) is 38.3 Å². The summed E-state index contributed by atoms with van der Waals surface area (Å²) >= 11 is 0. The van der Waals surface area contributed by atoms with E-state index in [1.165, 1.54) is 0 Å². The number of amides is 2. The second-order valence-electron chi connectivity index (χ2n) is 9.63. The highest BCUT2D eigenvalue weighted by Gasteiger charge is 2.59. The van der Waals surface area contributed by atoms with Crippen LogP contribution in [0, 0.1) is 0 Å². The highest BCUT2D eigenvalue weighted by Crippen LogP contribution is 2.42. The number of methoxy groups -OCH3 is 1. The minimum absolute atomic E-state index is 0.00484. The Kier molecular flexibility index (Phi) is 6.97. The van der Waals surface area contributed by atoms with Gasteiger partial charge in [-0.25, -0.2) is 9.59 Å². The van der Waals surface area contributed by atoms with Gasteiger partial charge >= 0.3 is 12.2 Å². The summed E-state index contributed by atoms with van der Waals surface area (Å²) in [7, 11) is 1.61. The number of nitrogens with one attached hydrogen (secondary N) is 1.